The molecule has 4 aliphatic heterocycles. The number of imidazole rings is 1. The van der Waals surface area contributed by atoms with Crippen LogP contribution in [0.1, 0.15) is 81.1 Å². The van der Waals surface area contributed by atoms with Crippen LogP contribution in [0, 0.1) is 23.7 Å². The van der Waals surface area contributed by atoms with Gasteiger partial charge in [0.25, 0.3) is 0 Å². The maximum absolute atomic E-state index is 14.3. The molecule has 0 radical (unpaired) electrons. The summed E-state index contributed by atoms with van der Waals surface area (Å²) in [6.45, 7) is 16.2. The number of hydrogen-bond donors (Lipinski definition) is 2. The normalized spacial score (nSPS) is 39.2. The predicted molar refractivity (Wildman–Crippen MR) is 220 cm³/mol. The van der Waals surface area contributed by atoms with Crippen molar-refractivity contribution in [2.24, 2.45) is 23.7 Å². The van der Waals surface area contributed by atoms with Crippen LogP contribution >= 0.6 is 0 Å². The van der Waals surface area contributed by atoms with E-state index in [2.05, 4.69) is 28.3 Å². The quantitative estimate of drug-likeness (QED) is 0.271. The van der Waals surface area contributed by atoms with Crippen LogP contribution in [-0.4, -0.2) is 152 Å². The van der Waals surface area contributed by atoms with Crippen molar-refractivity contribution < 1.29 is 43.5 Å². The Labute approximate surface area is 349 Å². The third kappa shape index (κ3) is 8.98. The molecule has 14 atom stereocenters. The number of aliphatic hydroxyl groups excluding tert-OH is 1. The first-order valence-corrected chi connectivity index (χ1v) is 21.4. The number of fused-ring (bicyclic) bond motifs is 1. The summed E-state index contributed by atoms with van der Waals surface area (Å²) < 4.78 is 27.4. The summed E-state index contributed by atoms with van der Waals surface area (Å²) in [6.07, 6.45) is 0.678. The van der Waals surface area contributed by atoms with Gasteiger partial charge in [0.1, 0.15) is 18.1 Å². The molecule has 2 N–H and O–H groups in total. The van der Waals surface area contributed by atoms with Crippen molar-refractivity contribution in [1.29, 1.82) is 0 Å². The number of ketones is 1. The lowest BCUT2D eigenvalue weighted by Crippen LogP contribution is -2.61. The number of hydrazine groups is 1. The third-order valence-corrected chi connectivity index (χ3v) is 13.6. The van der Waals surface area contributed by atoms with Crippen molar-refractivity contribution in [3.63, 3.8) is 0 Å². The zero-order chi connectivity index (χ0) is 43.1. The Morgan fingerprint density at radius 2 is 1.73 bits per heavy atom. The summed E-state index contributed by atoms with van der Waals surface area (Å²) in [6, 6.07) is 8.95. The molecule has 328 valence electrons. The third-order valence-electron chi connectivity index (χ3n) is 13.6. The van der Waals surface area contributed by atoms with E-state index in [1.165, 1.54) is 6.92 Å². The van der Waals surface area contributed by atoms with E-state index in [4.69, 9.17) is 18.9 Å². The molecule has 15 nitrogen and oxygen atoms in total. The van der Waals surface area contributed by atoms with E-state index in [0.717, 1.165) is 11.3 Å². The van der Waals surface area contributed by atoms with Gasteiger partial charge in [0.2, 0.25) is 0 Å². The van der Waals surface area contributed by atoms with E-state index < -0.39 is 71.5 Å². The summed E-state index contributed by atoms with van der Waals surface area (Å²) in [5.74, 6) is -3.89. The predicted octanol–water partition coefficient (Wildman–Crippen LogP) is 4.41. The van der Waals surface area contributed by atoms with Crippen molar-refractivity contribution in [3.05, 3.63) is 42.9 Å². The topological polar surface area (TPSA) is 159 Å². The van der Waals surface area contributed by atoms with E-state index in [0.29, 0.717) is 39.0 Å². The van der Waals surface area contributed by atoms with Gasteiger partial charge in [0.05, 0.1) is 42.5 Å². The van der Waals surface area contributed by atoms with E-state index in [9.17, 15) is 24.6 Å². The monoisotopic (exact) mass is 825 g/mol. The smallest absolute Gasteiger partial charge is 0.425 e. The molecular formula is C44H68N6O9. The highest BCUT2D eigenvalue weighted by Crippen LogP contribution is 2.46. The van der Waals surface area contributed by atoms with E-state index in [-0.39, 0.29) is 36.4 Å². The second-order valence-electron chi connectivity index (χ2n) is 18.4. The lowest BCUT2D eigenvalue weighted by Gasteiger charge is -2.47. The van der Waals surface area contributed by atoms with Gasteiger partial charge < -0.3 is 38.6 Å². The maximum atomic E-state index is 14.3. The molecule has 5 heterocycles. The number of likely N-dealkylation sites (N-methyl/N-ethyl adjacent to an activating group) is 1. The van der Waals surface area contributed by atoms with Crippen LogP contribution in [-0.2, 0) is 35.1 Å². The fourth-order valence-electron chi connectivity index (χ4n) is 10.8. The number of aromatic nitrogens is 2. The second-order valence-corrected chi connectivity index (χ2v) is 18.4. The molecule has 6 rings (SSSR count). The Kier molecular flexibility index (Phi) is 13.7. The Morgan fingerprint density at radius 1 is 1.03 bits per heavy atom. The number of aryl methyl sites for hydroxylation is 1. The van der Waals surface area contributed by atoms with Gasteiger partial charge in [0.15, 0.2) is 17.7 Å². The zero-order valence-electron chi connectivity index (χ0n) is 36.9. The number of aliphatic hydroxyl groups is 2. The molecule has 1 aromatic heterocycles. The molecule has 15 heteroatoms. The van der Waals surface area contributed by atoms with Crippen molar-refractivity contribution in [2.45, 2.75) is 148 Å². The molecule has 1 amide bonds. The SMILES string of the molecule is CC[C@@H]1OC(=O)[C@H](C)C(=O)[C@H](C)[C@@H](O[C@@H]2O[C@H](C)C[C@H](N(C)C)[C@H]2O)[C@@](C)(O)C[C@@H](C)C2[C@@H](C)[C@H]3N(C(=O)O[C@]13C)N(CCCn1cnc(-c3ccccc3)c1)CN2C. The summed E-state index contributed by atoms with van der Waals surface area (Å²) in [4.78, 5) is 51.3. The molecular weight excluding hydrogens is 757 g/mol. The minimum Gasteiger partial charge on any atom is -0.458 e. The molecule has 0 spiro atoms. The average molecular weight is 825 g/mol. The van der Waals surface area contributed by atoms with Gasteiger partial charge in [-0.15, -0.1) is 0 Å². The number of amides is 1. The first-order chi connectivity index (χ1) is 27.8. The largest absolute Gasteiger partial charge is 0.458 e. The zero-order valence-corrected chi connectivity index (χ0v) is 36.9. The van der Waals surface area contributed by atoms with E-state index in [1.54, 1.807) is 18.9 Å². The molecule has 0 aliphatic carbocycles. The first kappa shape index (κ1) is 45.1. The highest BCUT2D eigenvalue weighted by Gasteiger charge is 2.63. The van der Waals surface area contributed by atoms with Crippen molar-refractivity contribution >= 4 is 17.8 Å². The van der Waals surface area contributed by atoms with Gasteiger partial charge in [-0.3, -0.25) is 14.5 Å². The Bertz CT molecular complexity index is 1780. The van der Waals surface area contributed by atoms with Crippen molar-refractivity contribution in [2.75, 3.05) is 34.4 Å². The van der Waals surface area contributed by atoms with Gasteiger partial charge >= 0.3 is 12.1 Å². The van der Waals surface area contributed by atoms with Crippen LogP contribution in [0.4, 0.5) is 4.79 Å². The number of carbonyl (C=O) groups is 3. The molecule has 2 aromatic rings. The standard InChI is InChI=1S/C44H68N6O9/c1-12-34-44(8)38-28(4)35(47(11)25-49(50(38)42(54)59-44)20-16-19-48-23-32(45-24-48)31-17-14-13-15-18-31)26(2)22-43(7,55)39(29(5)36(51)30(6)40(53)57-34)58-41-37(52)33(46(9)10)21-27(3)56-41/h13-15,17-18,23-24,26-30,33-35,37-39,41,52,55H,12,16,19-22,25H2,1-11H3/t26-,27-,28-,29+,30-,33+,34+,35?,37-,38-,39-,41+,43+,44-/m1/s1. The number of rotatable bonds is 9. The fourth-order valence-corrected chi connectivity index (χ4v) is 10.8. The number of esters is 1. The maximum Gasteiger partial charge on any atom is 0.425 e. The van der Waals surface area contributed by atoms with Crippen LogP contribution in [0.25, 0.3) is 11.3 Å². The molecule has 4 fully saturated rings. The Morgan fingerprint density at radius 3 is 2.39 bits per heavy atom. The number of nitrogens with zero attached hydrogens (tertiary/aromatic N) is 6. The van der Waals surface area contributed by atoms with Crippen LogP contribution in [0.3, 0.4) is 0 Å². The van der Waals surface area contributed by atoms with Gasteiger partial charge in [-0.05, 0) is 86.4 Å². The number of cyclic esters (lactones) is 1. The number of hydrogen-bond acceptors (Lipinski definition) is 13. The Balaban J connectivity index is 1.34. The van der Waals surface area contributed by atoms with E-state index >= 15 is 0 Å². The van der Waals surface area contributed by atoms with Crippen molar-refractivity contribution in [1.82, 2.24) is 29.4 Å². The number of Topliss-reactive ketones (excluding diaryl/α,β-unsaturated/α-hetero) is 1. The highest BCUT2D eigenvalue weighted by atomic mass is 16.7. The van der Waals surface area contributed by atoms with Gasteiger partial charge in [-0.25, -0.2) is 19.8 Å². The van der Waals surface area contributed by atoms with Crippen LogP contribution in [0.2, 0.25) is 0 Å². The summed E-state index contributed by atoms with van der Waals surface area (Å²) in [5.41, 5.74) is -0.974. The van der Waals surface area contributed by atoms with E-state index in [1.807, 2.05) is 94.7 Å². The number of ether oxygens (including phenoxy) is 4. The number of carbonyl (C=O) groups excluding carboxylic acids is 3. The van der Waals surface area contributed by atoms with Crippen LogP contribution < -0.4 is 0 Å². The molecule has 1 unspecified atom stereocenters. The summed E-state index contributed by atoms with van der Waals surface area (Å²) in [7, 11) is 5.80. The molecule has 59 heavy (non-hydrogen) atoms. The summed E-state index contributed by atoms with van der Waals surface area (Å²) in [5, 5.41) is 27.9. The number of benzene rings is 1. The molecule has 2 bridgehead atoms. The lowest BCUT2D eigenvalue weighted by molar-refractivity contribution is -0.293. The lowest BCUT2D eigenvalue weighted by atomic mass is 9.71. The van der Waals surface area contributed by atoms with Crippen LogP contribution in [0.5, 0.6) is 0 Å². The van der Waals surface area contributed by atoms with Crippen molar-refractivity contribution in [3.8, 4) is 11.3 Å². The van der Waals surface area contributed by atoms with Gasteiger partial charge in [0, 0.05) is 42.9 Å². The fraction of sp³-hybridized carbons (Fsp3) is 0.727. The van der Waals surface area contributed by atoms with Gasteiger partial charge in [-0.1, -0.05) is 58.0 Å². The first-order valence-electron chi connectivity index (χ1n) is 21.4. The Hall–Kier alpha value is -3.44. The minimum atomic E-state index is -1.63. The minimum absolute atomic E-state index is 0.197. The molecule has 4 saturated heterocycles. The highest BCUT2D eigenvalue weighted by molar-refractivity contribution is 6.00. The second kappa shape index (κ2) is 17.9. The van der Waals surface area contributed by atoms with Crippen LogP contribution in [0.15, 0.2) is 42.9 Å². The molecule has 1 aromatic carbocycles. The molecule has 4 aliphatic rings. The molecule has 0 saturated carbocycles. The average Bonchev–Trinajstić information content (AvgIpc) is 3.73. The summed E-state index contributed by atoms with van der Waals surface area (Å²) >= 11 is 0. The van der Waals surface area contributed by atoms with Gasteiger partial charge in [-0.2, -0.15) is 0 Å².